The third kappa shape index (κ3) is 5.70. The van der Waals surface area contributed by atoms with Crippen molar-refractivity contribution in [3.8, 4) is 28.6 Å². The monoisotopic (exact) mass is 473 g/mol. The highest BCUT2D eigenvalue weighted by molar-refractivity contribution is 5.77. The molecule has 1 aliphatic heterocycles. The summed E-state index contributed by atoms with van der Waals surface area (Å²) in [5, 5.41) is 4.12. The van der Waals surface area contributed by atoms with Gasteiger partial charge in [-0.05, 0) is 48.0 Å². The Morgan fingerprint density at radius 3 is 2.57 bits per heavy atom. The summed E-state index contributed by atoms with van der Waals surface area (Å²) in [5.41, 5.74) is 2.79. The second-order valence-electron chi connectivity index (χ2n) is 8.26. The molecule has 4 aromatic rings. The van der Waals surface area contributed by atoms with Gasteiger partial charge in [0, 0.05) is 50.7 Å². The smallest absolute Gasteiger partial charge is 0.260 e. The van der Waals surface area contributed by atoms with E-state index in [1.54, 1.807) is 17.3 Å². The molecule has 0 aliphatic carbocycles. The van der Waals surface area contributed by atoms with E-state index in [0.717, 1.165) is 36.3 Å². The predicted octanol–water partition coefficient (Wildman–Crippen LogP) is 3.66. The zero-order valence-electron chi connectivity index (χ0n) is 19.0. The minimum absolute atomic E-state index is 0.0561. The van der Waals surface area contributed by atoms with E-state index in [-0.39, 0.29) is 18.3 Å². The number of halogens is 1. The van der Waals surface area contributed by atoms with Gasteiger partial charge in [0.1, 0.15) is 11.6 Å². The number of nitrogens with zero attached hydrogens (tertiary/aromatic N) is 5. The third-order valence-electron chi connectivity index (χ3n) is 5.83. The van der Waals surface area contributed by atoms with Crippen LogP contribution in [0.1, 0.15) is 5.56 Å². The van der Waals surface area contributed by atoms with Crippen LogP contribution in [0.4, 0.5) is 4.39 Å². The maximum Gasteiger partial charge on any atom is 0.260 e. The average molecular weight is 474 g/mol. The molecule has 2 aromatic heterocycles. The zero-order valence-corrected chi connectivity index (χ0v) is 19.0. The van der Waals surface area contributed by atoms with E-state index in [1.807, 2.05) is 24.3 Å². The van der Waals surface area contributed by atoms with E-state index in [9.17, 15) is 9.18 Å². The normalized spacial score (nSPS) is 14.1. The minimum atomic E-state index is -0.336. The number of carbonyl (C=O) groups is 1. The maximum absolute atomic E-state index is 13.0. The van der Waals surface area contributed by atoms with Crippen LogP contribution in [0.15, 0.2) is 77.6 Å². The van der Waals surface area contributed by atoms with Gasteiger partial charge in [-0.2, -0.15) is 4.98 Å². The maximum atomic E-state index is 13.0. The molecule has 0 spiro atoms. The van der Waals surface area contributed by atoms with Crippen LogP contribution in [0.5, 0.6) is 5.75 Å². The van der Waals surface area contributed by atoms with Crippen molar-refractivity contribution in [3.63, 3.8) is 0 Å². The van der Waals surface area contributed by atoms with Crippen LogP contribution >= 0.6 is 0 Å². The molecule has 0 N–H and O–H groups in total. The molecule has 3 heterocycles. The molecule has 8 nitrogen and oxygen atoms in total. The third-order valence-corrected chi connectivity index (χ3v) is 5.83. The van der Waals surface area contributed by atoms with Gasteiger partial charge in [-0.1, -0.05) is 23.4 Å². The summed E-state index contributed by atoms with van der Waals surface area (Å²) in [6.07, 6.45) is 3.38. The molecular formula is C26H24FN5O3. The summed E-state index contributed by atoms with van der Waals surface area (Å²) in [7, 11) is 0. The van der Waals surface area contributed by atoms with Gasteiger partial charge in [0.25, 0.3) is 11.8 Å². The highest BCUT2D eigenvalue weighted by Gasteiger charge is 2.22. The van der Waals surface area contributed by atoms with Gasteiger partial charge in [0.05, 0.1) is 5.56 Å². The first-order chi connectivity index (χ1) is 17.1. The van der Waals surface area contributed by atoms with Crippen LogP contribution in [-0.4, -0.2) is 63.6 Å². The lowest BCUT2D eigenvalue weighted by Crippen LogP contribution is -2.49. The number of hydrogen-bond donors (Lipinski definition) is 0. The van der Waals surface area contributed by atoms with Gasteiger partial charge in [-0.3, -0.25) is 14.7 Å². The van der Waals surface area contributed by atoms with Gasteiger partial charge in [-0.25, -0.2) is 4.39 Å². The Morgan fingerprint density at radius 1 is 1.00 bits per heavy atom. The topological polar surface area (TPSA) is 84.6 Å². The number of pyridine rings is 1. The molecule has 0 saturated carbocycles. The van der Waals surface area contributed by atoms with Gasteiger partial charge in [0.2, 0.25) is 5.82 Å². The van der Waals surface area contributed by atoms with Gasteiger partial charge in [0.15, 0.2) is 6.61 Å². The first-order valence-corrected chi connectivity index (χ1v) is 11.4. The second-order valence-corrected chi connectivity index (χ2v) is 8.26. The summed E-state index contributed by atoms with van der Waals surface area (Å²) < 4.78 is 23.9. The molecule has 1 amide bonds. The number of piperazine rings is 1. The Balaban J connectivity index is 1.14. The Morgan fingerprint density at radius 2 is 1.80 bits per heavy atom. The number of hydrogen-bond acceptors (Lipinski definition) is 7. The van der Waals surface area contributed by atoms with E-state index in [1.165, 1.54) is 24.3 Å². The SMILES string of the molecule is O=C(COc1ccc(F)cc1)N1CCN(Cc2cccc(-c3noc(-c4cccnc4)n3)c2)CC1. The van der Waals surface area contributed by atoms with Crippen molar-refractivity contribution in [1.29, 1.82) is 0 Å². The quantitative estimate of drug-likeness (QED) is 0.405. The first-order valence-electron chi connectivity index (χ1n) is 11.4. The molecule has 0 atom stereocenters. The van der Waals surface area contributed by atoms with E-state index < -0.39 is 0 Å². The highest BCUT2D eigenvalue weighted by atomic mass is 19.1. The van der Waals surface area contributed by atoms with Crippen molar-refractivity contribution >= 4 is 5.91 Å². The fourth-order valence-corrected chi connectivity index (χ4v) is 3.94. The minimum Gasteiger partial charge on any atom is -0.484 e. The largest absolute Gasteiger partial charge is 0.484 e. The number of aromatic nitrogens is 3. The Kier molecular flexibility index (Phi) is 6.76. The predicted molar refractivity (Wildman–Crippen MR) is 127 cm³/mol. The number of amides is 1. The molecule has 0 bridgehead atoms. The second kappa shape index (κ2) is 10.4. The molecule has 2 aromatic carbocycles. The van der Waals surface area contributed by atoms with Crippen LogP contribution in [0.3, 0.4) is 0 Å². The lowest BCUT2D eigenvalue weighted by Gasteiger charge is -2.34. The number of ether oxygens (including phenoxy) is 1. The Bertz CT molecular complexity index is 1270. The van der Waals surface area contributed by atoms with E-state index in [4.69, 9.17) is 9.26 Å². The van der Waals surface area contributed by atoms with E-state index in [2.05, 4.69) is 32.2 Å². The van der Waals surface area contributed by atoms with Crippen LogP contribution in [-0.2, 0) is 11.3 Å². The number of rotatable bonds is 7. The molecule has 0 radical (unpaired) electrons. The van der Waals surface area contributed by atoms with Crippen LogP contribution < -0.4 is 4.74 Å². The van der Waals surface area contributed by atoms with Crippen molar-refractivity contribution in [2.75, 3.05) is 32.8 Å². The van der Waals surface area contributed by atoms with Crippen molar-refractivity contribution in [3.05, 3.63) is 84.4 Å². The first kappa shape index (κ1) is 22.7. The molecule has 1 fully saturated rings. The lowest BCUT2D eigenvalue weighted by molar-refractivity contribution is -0.135. The van der Waals surface area contributed by atoms with Crippen LogP contribution in [0.2, 0.25) is 0 Å². The molecule has 178 valence electrons. The fourth-order valence-electron chi connectivity index (χ4n) is 3.94. The molecule has 9 heteroatoms. The molecule has 5 rings (SSSR count). The summed E-state index contributed by atoms with van der Waals surface area (Å²) in [5.74, 6) is 1.03. The van der Waals surface area contributed by atoms with E-state index >= 15 is 0 Å². The summed E-state index contributed by atoms with van der Waals surface area (Å²) in [6, 6.07) is 17.4. The summed E-state index contributed by atoms with van der Waals surface area (Å²) >= 11 is 0. The zero-order chi connectivity index (χ0) is 24.0. The standard InChI is InChI=1S/C26H24FN5O3/c27-22-6-8-23(9-7-22)34-18-24(33)32-13-11-31(12-14-32)17-19-3-1-4-20(15-19)25-29-26(35-30-25)21-5-2-10-28-16-21/h1-10,15-16H,11-14,17-18H2. The van der Waals surface area contributed by atoms with Gasteiger partial charge < -0.3 is 14.2 Å². The molecular weight excluding hydrogens is 449 g/mol. The van der Waals surface area contributed by atoms with Crippen LogP contribution in [0.25, 0.3) is 22.8 Å². The summed E-state index contributed by atoms with van der Waals surface area (Å²) in [4.78, 5) is 25.2. The van der Waals surface area contributed by atoms with Crippen molar-refractivity contribution in [1.82, 2.24) is 24.9 Å². The average Bonchev–Trinajstić information content (AvgIpc) is 3.40. The molecule has 1 aliphatic rings. The van der Waals surface area contributed by atoms with E-state index in [0.29, 0.717) is 30.6 Å². The Labute approximate surface area is 202 Å². The number of benzene rings is 2. The fraction of sp³-hybridized carbons (Fsp3) is 0.231. The van der Waals surface area contributed by atoms with Crippen molar-refractivity contribution < 1.29 is 18.4 Å². The molecule has 1 saturated heterocycles. The van der Waals surface area contributed by atoms with Gasteiger partial charge >= 0.3 is 0 Å². The highest BCUT2D eigenvalue weighted by Crippen LogP contribution is 2.23. The van der Waals surface area contributed by atoms with Crippen molar-refractivity contribution in [2.45, 2.75) is 6.54 Å². The Hall–Kier alpha value is -4.11. The van der Waals surface area contributed by atoms with Crippen molar-refractivity contribution in [2.24, 2.45) is 0 Å². The number of carbonyl (C=O) groups excluding carboxylic acids is 1. The lowest BCUT2D eigenvalue weighted by atomic mass is 10.1. The summed E-state index contributed by atoms with van der Waals surface area (Å²) in [6.45, 7) is 3.49. The van der Waals surface area contributed by atoms with Gasteiger partial charge in [-0.15, -0.1) is 0 Å². The molecule has 0 unspecified atom stereocenters. The molecule has 35 heavy (non-hydrogen) atoms. The van der Waals surface area contributed by atoms with Crippen LogP contribution in [0, 0.1) is 5.82 Å².